The molecule has 1 aromatic heterocycles. The van der Waals surface area contributed by atoms with Crippen molar-refractivity contribution in [1.82, 2.24) is 14.8 Å². The van der Waals surface area contributed by atoms with Gasteiger partial charge in [-0.3, -0.25) is 4.90 Å². The van der Waals surface area contributed by atoms with E-state index in [4.69, 9.17) is 0 Å². The van der Waals surface area contributed by atoms with Crippen LogP contribution >= 0.6 is 0 Å². The molecular formula is C30H37F4N3. The smallest absolute Gasteiger partial charge is 0.131 e. The third-order valence-electron chi connectivity index (χ3n) is 8.00. The second-order valence-corrected chi connectivity index (χ2v) is 11.6. The van der Waals surface area contributed by atoms with Gasteiger partial charge in [0, 0.05) is 53.8 Å². The second kappa shape index (κ2) is 10.1. The molecule has 200 valence electrons. The van der Waals surface area contributed by atoms with Gasteiger partial charge in [0.25, 0.3) is 0 Å². The summed E-state index contributed by atoms with van der Waals surface area (Å²) in [7, 11) is 0. The monoisotopic (exact) mass is 515 g/mol. The summed E-state index contributed by atoms with van der Waals surface area (Å²) in [5.41, 5.74) is 0.867. The van der Waals surface area contributed by atoms with E-state index in [2.05, 4.69) is 16.8 Å². The van der Waals surface area contributed by atoms with Crippen LogP contribution in [0.3, 0.4) is 0 Å². The topological polar surface area (TPSA) is 22.3 Å². The molecule has 5 rings (SSSR count). The maximum absolute atomic E-state index is 15.8. The number of fused-ring (bicyclic) bond motifs is 3. The zero-order valence-electron chi connectivity index (χ0n) is 22.1. The molecule has 0 radical (unpaired) electrons. The van der Waals surface area contributed by atoms with Gasteiger partial charge in [-0.1, -0.05) is 31.5 Å². The number of rotatable bonds is 8. The van der Waals surface area contributed by atoms with Gasteiger partial charge in [-0.25, -0.2) is 17.6 Å². The van der Waals surface area contributed by atoms with Gasteiger partial charge >= 0.3 is 0 Å². The lowest BCUT2D eigenvalue weighted by Crippen LogP contribution is -2.49. The van der Waals surface area contributed by atoms with Crippen LogP contribution in [0.1, 0.15) is 75.1 Å². The number of hydrogen-bond donors (Lipinski definition) is 1. The van der Waals surface area contributed by atoms with Crippen LogP contribution in [-0.2, 0) is 6.42 Å². The molecule has 7 heteroatoms. The first kappa shape index (κ1) is 26.2. The number of H-pyrrole nitrogens is 1. The normalized spacial score (nSPS) is 22.3. The SMILES string of the molecule is CCCCN1CC([C@@H](F)c2cc(F)c([C@@H]3c4[nH]c5ccccc5c4C[C@@H](C)N3CC(C)(C)F)c(F)c2)C1. The third-order valence-corrected chi connectivity index (χ3v) is 8.00. The molecule has 3 heterocycles. The molecule has 3 nitrogen and oxygen atoms in total. The fourth-order valence-corrected chi connectivity index (χ4v) is 6.15. The molecule has 37 heavy (non-hydrogen) atoms. The molecule has 2 aliphatic rings. The van der Waals surface area contributed by atoms with E-state index in [1.165, 1.54) is 13.8 Å². The van der Waals surface area contributed by atoms with Crippen LogP contribution in [0.5, 0.6) is 0 Å². The molecule has 2 aliphatic heterocycles. The lowest BCUT2D eigenvalue weighted by atomic mass is 9.85. The molecule has 1 fully saturated rings. The minimum atomic E-state index is -1.57. The van der Waals surface area contributed by atoms with Crippen molar-refractivity contribution < 1.29 is 17.6 Å². The predicted octanol–water partition coefficient (Wildman–Crippen LogP) is 7.27. The van der Waals surface area contributed by atoms with E-state index < -0.39 is 29.5 Å². The molecule has 0 spiro atoms. The quantitative estimate of drug-likeness (QED) is 0.319. The van der Waals surface area contributed by atoms with Gasteiger partial charge in [-0.2, -0.15) is 0 Å². The molecule has 0 aliphatic carbocycles. The van der Waals surface area contributed by atoms with Crippen molar-refractivity contribution in [2.24, 2.45) is 5.92 Å². The Hall–Kier alpha value is -2.38. The van der Waals surface area contributed by atoms with E-state index in [-0.39, 0.29) is 29.6 Å². The van der Waals surface area contributed by atoms with Crippen LogP contribution in [0.15, 0.2) is 36.4 Å². The molecular weight excluding hydrogens is 478 g/mol. The summed E-state index contributed by atoms with van der Waals surface area (Å²) in [6.45, 7) is 9.17. The molecule has 0 amide bonds. The molecule has 0 bridgehead atoms. The first-order valence-corrected chi connectivity index (χ1v) is 13.5. The van der Waals surface area contributed by atoms with E-state index in [0.717, 1.165) is 48.0 Å². The van der Waals surface area contributed by atoms with Gasteiger partial charge < -0.3 is 9.88 Å². The molecule has 1 N–H and O–H groups in total. The summed E-state index contributed by atoms with van der Waals surface area (Å²) in [5.74, 6) is -1.84. The number of unbranched alkanes of at least 4 members (excludes halogenated alkanes) is 1. The van der Waals surface area contributed by atoms with Crippen LogP contribution in [0.25, 0.3) is 10.9 Å². The Morgan fingerprint density at radius 2 is 1.78 bits per heavy atom. The van der Waals surface area contributed by atoms with Gasteiger partial charge in [-0.05, 0) is 69.5 Å². The predicted molar refractivity (Wildman–Crippen MR) is 140 cm³/mol. The Morgan fingerprint density at radius 3 is 2.43 bits per heavy atom. The first-order chi connectivity index (χ1) is 17.6. The largest absolute Gasteiger partial charge is 0.357 e. The van der Waals surface area contributed by atoms with Gasteiger partial charge in [-0.15, -0.1) is 0 Å². The molecule has 2 aromatic carbocycles. The Labute approximate surface area is 216 Å². The molecule has 3 aromatic rings. The van der Waals surface area contributed by atoms with E-state index >= 15 is 13.2 Å². The highest BCUT2D eigenvalue weighted by molar-refractivity contribution is 5.85. The number of aromatic nitrogens is 1. The Bertz CT molecular complexity index is 1230. The van der Waals surface area contributed by atoms with Crippen LogP contribution in [0.4, 0.5) is 17.6 Å². The number of para-hydroxylation sites is 1. The Balaban J connectivity index is 1.52. The summed E-state index contributed by atoms with van der Waals surface area (Å²) in [6.07, 6.45) is 1.34. The van der Waals surface area contributed by atoms with Crippen LogP contribution in [0, 0.1) is 17.6 Å². The van der Waals surface area contributed by atoms with Crippen LogP contribution in [0.2, 0.25) is 0 Å². The summed E-state index contributed by atoms with van der Waals surface area (Å²) in [6, 6.07) is 9.08. The lowest BCUT2D eigenvalue weighted by molar-refractivity contribution is 0.0371. The van der Waals surface area contributed by atoms with Crippen molar-refractivity contribution in [3.63, 3.8) is 0 Å². The van der Waals surface area contributed by atoms with Crippen molar-refractivity contribution in [3.05, 3.63) is 70.4 Å². The number of likely N-dealkylation sites (tertiary alicyclic amines) is 1. The van der Waals surface area contributed by atoms with Gasteiger partial charge in [0.05, 0.1) is 6.04 Å². The van der Waals surface area contributed by atoms with Crippen molar-refractivity contribution in [2.75, 3.05) is 26.2 Å². The maximum Gasteiger partial charge on any atom is 0.131 e. The zero-order valence-corrected chi connectivity index (χ0v) is 22.1. The number of halogens is 4. The minimum absolute atomic E-state index is 0.00960. The number of benzene rings is 2. The fraction of sp³-hybridized carbons (Fsp3) is 0.533. The average molecular weight is 516 g/mol. The number of nitrogens with zero attached hydrogens (tertiary/aromatic N) is 2. The van der Waals surface area contributed by atoms with E-state index in [1.54, 1.807) is 0 Å². The molecule has 0 unspecified atom stereocenters. The molecule has 1 saturated heterocycles. The van der Waals surface area contributed by atoms with Gasteiger partial charge in [0.2, 0.25) is 0 Å². The summed E-state index contributed by atoms with van der Waals surface area (Å²) in [5, 5.41) is 1.01. The Morgan fingerprint density at radius 1 is 1.11 bits per heavy atom. The number of hydrogen-bond acceptors (Lipinski definition) is 2. The van der Waals surface area contributed by atoms with Gasteiger partial charge in [0.1, 0.15) is 23.5 Å². The summed E-state index contributed by atoms with van der Waals surface area (Å²) in [4.78, 5) is 7.39. The Kier molecular flexibility index (Phi) is 7.14. The summed E-state index contributed by atoms with van der Waals surface area (Å²) < 4.78 is 61.9. The van der Waals surface area contributed by atoms with Crippen molar-refractivity contribution >= 4 is 10.9 Å². The number of alkyl halides is 2. The van der Waals surface area contributed by atoms with E-state index in [9.17, 15) is 4.39 Å². The molecule has 0 saturated carbocycles. The van der Waals surface area contributed by atoms with Crippen molar-refractivity contribution in [3.8, 4) is 0 Å². The van der Waals surface area contributed by atoms with E-state index in [0.29, 0.717) is 25.2 Å². The van der Waals surface area contributed by atoms with Crippen molar-refractivity contribution in [2.45, 2.75) is 70.9 Å². The fourth-order valence-electron chi connectivity index (χ4n) is 6.15. The van der Waals surface area contributed by atoms with Crippen LogP contribution in [-0.4, -0.2) is 52.7 Å². The number of aromatic amines is 1. The van der Waals surface area contributed by atoms with Gasteiger partial charge in [0.15, 0.2) is 0 Å². The third kappa shape index (κ3) is 5.05. The minimum Gasteiger partial charge on any atom is -0.357 e. The maximum atomic E-state index is 15.8. The summed E-state index contributed by atoms with van der Waals surface area (Å²) >= 11 is 0. The highest BCUT2D eigenvalue weighted by atomic mass is 19.1. The standard InChI is InChI=1S/C30H37F4N3/c1-5-6-11-36-15-20(16-36)27(33)19-13-23(31)26(24(32)14-19)29-28-22(21-9-7-8-10-25(21)35-28)12-18(2)37(29)17-30(3,4)34/h7-10,13-14,18,20,27,29,35H,5-6,11-12,15-17H2,1-4H3/t18-,27+,29-/m1/s1. The molecule has 3 atom stereocenters. The highest BCUT2D eigenvalue weighted by Gasteiger charge is 2.42. The van der Waals surface area contributed by atoms with Crippen molar-refractivity contribution in [1.29, 1.82) is 0 Å². The highest BCUT2D eigenvalue weighted by Crippen LogP contribution is 2.44. The first-order valence-electron chi connectivity index (χ1n) is 13.5. The van der Waals surface area contributed by atoms with Crippen LogP contribution < -0.4 is 0 Å². The zero-order chi connectivity index (χ0) is 26.5. The number of nitrogens with one attached hydrogen (secondary N) is 1. The lowest BCUT2D eigenvalue weighted by Gasteiger charge is -2.43. The van der Waals surface area contributed by atoms with E-state index in [1.807, 2.05) is 36.1 Å². The average Bonchev–Trinajstić information content (AvgIpc) is 3.16. The second-order valence-electron chi connectivity index (χ2n) is 11.6.